The molecular weight excluding hydrogens is 272 g/mol. The molecule has 0 aromatic heterocycles. The van der Waals surface area contributed by atoms with Crippen molar-refractivity contribution in [1.82, 2.24) is 0 Å². The summed E-state index contributed by atoms with van der Waals surface area (Å²) in [6, 6.07) is 13.7. The molecular formula is C16H17ClN2O. The monoisotopic (exact) mass is 288 g/mol. The van der Waals surface area contributed by atoms with Gasteiger partial charge in [-0.15, -0.1) is 0 Å². The van der Waals surface area contributed by atoms with Crippen LogP contribution in [0.2, 0.25) is 5.02 Å². The quantitative estimate of drug-likeness (QED) is 0.884. The van der Waals surface area contributed by atoms with Crippen LogP contribution in [0, 0.1) is 6.92 Å². The third-order valence-electron chi connectivity index (χ3n) is 2.89. The lowest BCUT2D eigenvalue weighted by atomic mass is 10.1. The molecule has 0 aliphatic rings. The SMILES string of the molecule is CC(=O)Nc1ccc(Cl)c(NCc2ccc(C)cc2)c1. The molecule has 2 N–H and O–H groups in total. The molecule has 4 heteroatoms. The van der Waals surface area contributed by atoms with Crippen molar-refractivity contribution < 1.29 is 4.79 Å². The van der Waals surface area contributed by atoms with Crippen LogP contribution in [-0.4, -0.2) is 5.91 Å². The number of nitrogens with one attached hydrogen (secondary N) is 2. The zero-order chi connectivity index (χ0) is 14.5. The van der Waals surface area contributed by atoms with Gasteiger partial charge in [0.25, 0.3) is 0 Å². The third kappa shape index (κ3) is 4.00. The molecule has 0 unspecified atom stereocenters. The van der Waals surface area contributed by atoms with Crippen LogP contribution in [0.4, 0.5) is 11.4 Å². The Morgan fingerprint density at radius 2 is 1.85 bits per heavy atom. The Morgan fingerprint density at radius 3 is 2.50 bits per heavy atom. The maximum absolute atomic E-state index is 11.1. The fourth-order valence-electron chi connectivity index (χ4n) is 1.84. The highest BCUT2D eigenvalue weighted by molar-refractivity contribution is 6.33. The topological polar surface area (TPSA) is 41.1 Å². The van der Waals surface area contributed by atoms with E-state index in [1.165, 1.54) is 18.1 Å². The minimum Gasteiger partial charge on any atom is -0.380 e. The summed E-state index contributed by atoms with van der Waals surface area (Å²) < 4.78 is 0. The Labute approximate surface area is 124 Å². The van der Waals surface area contributed by atoms with E-state index in [1.54, 1.807) is 12.1 Å². The van der Waals surface area contributed by atoms with E-state index in [2.05, 4.69) is 41.8 Å². The molecule has 0 heterocycles. The minimum absolute atomic E-state index is 0.100. The third-order valence-corrected chi connectivity index (χ3v) is 3.22. The van der Waals surface area contributed by atoms with Gasteiger partial charge in [-0.3, -0.25) is 4.79 Å². The molecule has 0 radical (unpaired) electrons. The maximum Gasteiger partial charge on any atom is 0.221 e. The molecule has 3 nitrogen and oxygen atoms in total. The molecule has 0 spiro atoms. The molecule has 0 saturated carbocycles. The smallest absolute Gasteiger partial charge is 0.221 e. The molecule has 1 amide bonds. The van der Waals surface area contributed by atoms with E-state index in [1.807, 2.05) is 6.07 Å². The van der Waals surface area contributed by atoms with Crippen molar-refractivity contribution in [2.75, 3.05) is 10.6 Å². The lowest BCUT2D eigenvalue weighted by molar-refractivity contribution is -0.114. The molecule has 2 aromatic rings. The predicted molar refractivity (Wildman–Crippen MR) is 84.3 cm³/mol. The van der Waals surface area contributed by atoms with E-state index in [0.29, 0.717) is 11.6 Å². The van der Waals surface area contributed by atoms with Gasteiger partial charge in [0, 0.05) is 19.2 Å². The van der Waals surface area contributed by atoms with Crippen molar-refractivity contribution in [1.29, 1.82) is 0 Å². The number of rotatable bonds is 4. The zero-order valence-corrected chi connectivity index (χ0v) is 12.3. The van der Waals surface area contributed by atoms with Crippen molar-refractivity contribution in [3.05, 3.63) is 58.6 Å². The van der Waals surface area contributed by atoms with E-state index < -0.39 is 0 Å². The first-order chi connectivity index (χ1) is 9.54. The normalized spacial score (nSPS) is 10.2. The summed E-state index contributed by atoms with van der Waals surface area (Å²) in [5.74, 6) is -0.100. The van der Waals surface area contributed by atoms with Crippen molar-refractivity contribution in [2.45, 2.75) is 20.4 Å². The number of hydrogen-bond acceptors (Lipinski definition) is 2. The lowest BCUT2D eigenvalue weighted by Crippen LogP contribution is -2.06. The molecule has 0 aliphatic heterocycles. The van der Waals surface area contributed by atoms with Gasteiger partial charge in [0.2, 0.25) is 5.91 Å². The number of aryl methyl sites for hydroxylation is 1. The standard InChI is InChI=1S/C16H17ClN2O/c1-11-3-5-13(6-4-11)10-18-16-9-14(19-12(2)20)7-8-15(16)17/h3-9,18H,10H2,1-2H3,(H,19,20). The van der Waals surface area contributed by atoms with Crippen LogP contribution < -0.4 is 10.6 Å². The first-order valence-corrected chi connectivity index (χ1v) is 6.79. The fourth-order valence-corrected chi connectivity index (χ4v) is 2.03. The molecule has 0 atom stereocenters. The number of benzene rings is 2. The number of amides is 1. The van der Waals surface area contributed by atoms with Crippen LogP contribution in [0.3, 0.4) is 0 Å². The number of carbonyl (C=O) groups excluding carboxylic acids is 1. The molecule has 20 heavy (non-hydrogen) atoms. The van der Waals surface area contributed by atoms with E-state index in [4.69, 9.17) is 11.6 Å². The largest absolute Gasteiger partial charge is 0.380 e. The van der Waals surface area contributed by atoms with E-state index in [9.17, 15) is 4.79 Å². The van der Waals surface area contributed by atoms with Gasteiger partial charge in [0.15, 0.2) is 0 Å². The number of hydrogen-bond donors (Lipinski definition) is 2. The van der Waals surface area contributed by atoms with Crippen molar-refractivity contribution in [3.8, 4) is 0 Å². The Balaban J connectivity index is 2.08. The van der Waals surface area contributed by atoms with Crippen molar-refractivity contribution in [2.24, 2.45) is 0 Å². The highest BCUT2D eigenvalue weighted by Crippen LogP contribution is 2.26. The maximum atomic E-state index is 11.1. The van der Waals surface area contributed by atoms with Gasteiger partial charge in [-0.25, -0.2) is 0 Å². The summed E-state index contributed by atoms with van der Waals surface area (Å²) in [6.07, 6.45) is 0. The van der Waals surface area contributed by atoms with Gasteiger partial charge < -0.3 is 10.6 Å². The van der Waals surface area contributed by atoms with Gasteiger partial charge in [0.1, 0.15) is 0 Å². The Morgan fingerprint density at radius 1 is 1.15 bits per heavy atom. The number of carbonyl (C=O) groups is 1. The number of anilines is 2. The van der Waals surface area contributed by atoms with Crippen LogP contribution in [0.25, 0.3) is 0 Å². The lowest BCUT2D eigenvalue weighted by Gasteiger charge is -2.11. The summed E-state index contributed by atoms with van der Waals surface area (Å²) in [6.45, 7) is 4.22. The van der Waals surface area contributed by atoms with Crippen LogP contribution in [0.15, 0.2) is 42.5 Å². The summed E-state index contributed by atoms with van der Waals surface area (Å²) in [4.78, 5) is 11.1. The Kier molecular flexibility index (Phi) is 4.64. The van der Waals surface area contributed by atoms with Crippen LogP contribution >= 0.6 is 11.6 Å². The van der Waals surface area contributed by atoms with Crippen LogP contribution in [-0.2, 0) is 11.3 Å². The van der Waals surface area contributed by atoms with Gasteiger partial charge in [0.05, 0.1) is 10.7 Å². The van der Waals surface area contributed by atoms with Crippen LogP contribution in [0.1, 0.15) is 18.1 Å². The highest BCUT2D eigenvalue weighted by Gasteiger charge is 2.03. The van der Waals surface area contributed by atoms with Gasteiger partial charge in [-0.1, -0.05) is 41.4 Å². The molecule has 0 aliphatic carbocycles. The summed E-state index contributed by atoms with van der Waals surface area (Å²) in [5, 5.41) is 6.65. The Bertz CT molecular complexity index is 608. The molecule has 0 fully saturated rings. The Hall–Kier alpha value is -2.00. The van der Waals surface area contributed by atoms with Crippen molar-refractivity contribution >= 4 is 28.9 Å². The molecule has 104 valence electrons. The second-order valence-electron chi connectivity index (χ2n) is 4.71. The molecule has 2 aromatic carbocycles. The summed E-state index contributed by atoms with van der Waals surface area (Å²) >= 11 is 6.15. The second-order valence-corrected chi connectivity index (χ2v) is 5.12. The summed E-state index contributed by atoms with van der Waals surface area (Å²) in [5.41, 5.74) is 3.95. The predicted octanol–water partition coefficient (Wildman–Crippen LogP) is 4.22. The zero-order valence-electron chi connectivity index (χ0n) is 11.5. The average molecular weight is 289 g/mol. The molecule has 2 rings (SSSR count). The highest BCUT2D eigenvalue weighted by atomic mass is 35.5. The first kappa shape index (κ1) is 14.4. The minimum atomic E-state index is -0.100. The first-order valence-electron chi connectivity index (χ1n) is 6.41. The van der Waals surface area contributed by atoms with Gasteiger partial charge >= 0.3 is 0 Å². The van der Waals surface area contributed by atoms with Crippen molar-refractivity contribution in [3.63, 3.8) is 0 Å². The van der Waals surface area contributed by atoms with Gasteiger partial charge in [-0.05, 0) is 30.7 Å². The fraction of sp³-hybridized carbons (Fsp3) is 0.188. The van der Waals surface area contributed by atoms with E-state index >= 15 is 0 Å². The summed E-state index contributed by atoms with van der Waals surface area (Å²) in [7, 11) is 0. The average Bonchev–Trinajstić information content (AvgIpc) is 2.40. The van der Waals surface area contributed by atoms with E-state index in [0.717, 1.165) is 11.4 Å². The van der Waals surface area contributed by atoms with Crippen LogP contribution in [0.5, 0.6) is 0 Å². The molecule has 0 saturated heterocycles. The second kappa shape index (κ2) is 6.44. The van der Waals surface area contributed by atoms with E-state index in [-0.39, 0.29) is 5.91 Å². The molecule has 0 bridgehead atoms. The van der Waals surface area contributed by atoms with Gasteiger partial charge in [-0.2, -0.15) is 0 Å². The number of halogens is 1.